The molecule has 21 heavy (non-hydrogen) atoms. The summed E-state index contributed by atoms with van der Waals surface area (Å²) in [6.07, 6.45) is 5.50. The Labute approximate surface area is 167 Å². The van der Waals surface area contributed by atoms with Crippen LogP contribution in [0.4, 0.5) is 0 Å². The molecule has 1 heteroatoms. The van der Waals surface area contributed by atoms with E-state index in [9.17, 15) is 0 Å². The Kier molecular flexibility index (Phi) is 194. The maximum atomic E-state index is 4.72. The number of hydrogen-bond donors (Lipinski definition) is 0. The summed E-state index contributed by atoms with van der Waals surface area (Å²) in [5.41, 5.74) is 0. The molecule has 0 amide bonds. The van der Waals surface area contributed by atoms with E-state index in [0.29, 0.717) is 0 Å². The normalized spacial score (nSPS) is 14.7. The first-order chi connectivity index (χ1) is 7.72. The summed E-state index contributed by atoms with van der Waals surface area (Å²) in [4.78, 5) is 0. The van der Waals surface area contributed by atoms with Crippen LogP contribution in [0.3, 0.4) is 0 Å². The van der Waals surface area contributed by atoms with Gasteiger partial charge in [-0.2, -0.15) is 0 Å². The third-order valence-corrected chi connectivity index (χ3v) is 2.16. The number of hydrogen-bond acceptors (Lipinski definition) is 0. The Morgan fingerprint density at radius 1 is 0.619 bits per heavy atom. The molecule has 0 aromatic rings. The van der Waals surface area contributed by atoms with Crippen molar-refractivity contribution < 1.29 is 32.7 Å². The van der Waals surface area contributed by atoms with E-state index < -0.39 is 0 Å². The molecule has 0 aliphatic heterocycles. The van der Waals surface area contributed by atoms with Crippen LogP contribution < -0.4 is 0 Å². The first-order valence-electron chi connectivity index (χ1n) is 6.80. The van der Waals surface area contributed by atoms with Crippen molar-refractivity contribution >= 4 is 0 Å². The van der Waals surface area contributed by atoms with Gasteiger partial charge in [-0.05, 0) is 11.8 Å². The zero-order valence-corrected chi connectivity index (χ0v) is 16.3. The molecule has 0 heterocycles. The van der Waals surface area contributed by atoms with Crippen LogP contribution in [0.1, 0.15) is 97.9 Å². The Morgan fingerprint density at radius 2 is 0.762 bits per heavy atom. The van der Waals surface area contributed by atoms with Gasteiger partial charge < -0.3 is 25.3 Å². The molecule has 0 N–H and O–H groups in total. The number of allylic oxidation sites excluding steroid dienone is 2. The van der Waals surface area contributed by atoms with Crippen molar-refractivity contribution in [2.75, 3.05) is 0 Å². The molecule has 1 saturated carbocycles. The van der Waals surface area contributed by atoms with Crippen LogP contribution in [0.2, 0.25) is 0 Å². The second-order valence-electron chi connectivity index (χ2n) is 2.92. The molecule has 0 aromatic carbocycles. The predicted molar refractivity (Wildman–Crippen MR) is 106 cm³/mol. The van der Waals surface area contributed by atoms with Gasteiger partial charge in [0.25, 0.3) is 0 Å². The average Bonchev–Trinajstić information content (AvgIpc) is 2.43. The molecular formula is C20H50Y-2. The van der Waals surface area contributed by atoms with Crippen LogP contribution >= 0.6 is 0 Å². The fourth-order valence-electron chi connectivity index (χ4n) is 0.833. The fourth-order valence-corrected chi connectivity index (χ4v) is 0.833. The molecule has 2 unspecified atom stereocenters. The van der Waals surface area contributed by atoms with Crippen LogP contribution in [0.5, 0.6) is 0 Å². The van der Waals surface area contributed by atoms with Gasteiger partial charge >= 0.3 is 0 Å². The van der Waals surface area contributed by atoms with Crippen molar-refractivity contribution in [3.05, 3.63) is 25.3 Å². The summed E-state index contributed by atoms with van der Waals surface area (Å²) in [5, 5.41) is 0. The van der Waals surface area contributed by atoms with Gasteiger partial charge in [-0.15, -0.1) is 0 Å². The zero-order chi connectivity index (χ0) is 14.0. The zero-order valence-electron chi connectivity index (χ0n) is 13.5. The van der Waals surface area contributed by atoms with Gasteiger partial charge in [0.15, 0.2) is 0 Å². The Morgan fingerprint density at radius 3 is 0.762 bits per heavy atom. The van der Waals surface area contributed by atoms with E-state index >= 15 is 0 Å². The SMILES string of the molecule is C.C.C.C.CC.CC.CC.CC1CCC1C.[CH-]=CC=[CH-].[Y]. The van der Waals surface area contributed by atoms with Crippen molar-refractivity contribution in [3.8, 4) is 0 Å². The molecule has 0 spiro atoms. The minimum Gasteiger partial charge on any atom is -0.394 e. The molecule has 135 valence electrons. The van der Waals surface area contributed by atoms with E-state index in [1.54, 1.807) is 0 Å². The number of rotatable bonds is 1. The molecule has 1 aliphatic rings. The molecule has 1 fully saturated rings. The van der Waals surface area contributed by atoms with Crippen LogP contribution in [0, 0.1) is 25.0 Å². The maximum absolute atomic E-state index is 4.72. The van der Waals surface area contributed by atoms with Crippen molar-refractivity contribution in [2.45, 2.75) is 97.9 Å². The van der Waals surface area contributed by atoms with Gasteiger partial charge in [-0.25, -0.2) is 0 Å². The summed E-state index contributed by atoms with van der Waals surface area (Å²) >= 11 is 0. The van der Waals surface area contributed by atoms with Crippen molar-refractivity contribution in [2.24, 2.45) is 11.8 Å². The van der Waals surface area contributed by atoms with Gasteiger partial charge in [-0.3, -0.25) is 0 Å². The molecule has 2 atom stereocenters. The quantitative estimate of drug-likeness (QED) is 0.316. The molecule has 1 radical (unpaired) electrons. The minimum absolute atomic E-state index is 0. The summed E-state index contributed by atoms with van der Waals surface area (Å²) in [5.74, 6) is 2.06. The minimum atomic E-state index is 0. The molecule has 0 bridgehead atoms. The second-order valence-corrected chi connectivity index (χ2v) is 2.92. The fraction of sp³-hybridized carbons (Fsp3) is 0.800. The first kappa shape index (κ1) is 57.8. The van der Waals surface area contributed by atoms with E-state index in [2.05, 4.69) is 13.8 Å². The molecule has 0 nitrogen and oxygen atoms in total. The Hall–Kier alpha value is 0.584. The third-order valence-electron chi connectivity index (χ3n) is 2.16. The molecule has 1 rings (SSSR count). The van der Waals surface area contributed by atoms with E-state index in [0.717, 1.165) is 11.8 Å². The van der Waals surface area contributed by atoms with Crippen molar-refractivity contribution in [1.29, 1.82) is 0 Å². The molecule has 1 aliphatic carbocycles. The van der Waals surface area contributed by atoms with E-state index in [1.165, 1.54) is 25.0 Å². The van der Waals surface area contributed by atoms with E-state index in [1.807, 2.05) is 41.5 Å². The van der Waals surface area contributed by atoms with E-state index in [4.69, 9.17) is 13.2 Å². The Balaban J connectivity index is -0.0000000126. The standard InChI is InChI=1S/C6H12.C4H4.3C2H6.4CH4.Y/c1-5-3-4-6(5)2;1-3-4-2;3*1-2;;;;;/h5-6H,3-4H2,1-2H3;1-4H;3*1-2H3;4*1H4;/q;-2;;;;;;;;. The van der Waals surface area contributed by atoms with Gasteiger partial charge in [0.05, 0.1) is 0 Å². The molecule has 0 aromatic heterocycles. The monoisotopic (exact) mass is 379 g/mol. The second kappa shape index (κ2) is 70.5. The summed E-state index contributed by atoms with van der Waals surface area (Å²) in [6, 6.07) is 0. The van der Waals surface area contributed by atoms with Crippen molar-refractivity contribution in [1.82, 2.24) is 0 Å². The first-order valence-corrected chi connectivity index (χ1v) is 6.80. The summed E-state index contributed by atoms with van der Waals surface area (Å²) < 4.78 is 0. The predicted octanol–water partition coefficient (Wildman–Crippen LogP) is 8.64. The molecular weight excluding hydrogens is 329 g/mol. The van der Waals surface area contributed by atoms with Crippen LogP contribution in [0.25, 0.3) is 0 Å². The molecule has 0 saturated heterocycles. The third kappa shape index (κ3) is 63.5. The smallest absolute Gasteiger partial charge is 0 e. The Bertz CT molecular complexity index is 94.4. The maximum Gasteiger partial charge on any atom is 0 e. The largest absolute Gasteiger partial charge is 0.394 e. The van der Waals surface area contributed by atoms with Crippen LogP contribution in [0.15, 0.2) is 12.2 Å². The van der Waals surface area contributed by atoms with Crippen molar-refractivity contribution in [3.63, 3.8) is 0 Å². The van der Waals surface area contributed by atoms with Gasteiger partial charge in [0, 0.05) is 32.7 Å². The average molecular weight is 380 g/mol. The van der Waals surface area contributed by atoms with Gasteiger partial charge in [-0.1, -0.05) is 97.9 Å². The summed E-state index contributed by atoms with van der Waals surface area (Å²) in [7, 11) is 0. The topological polar surface area (TPSA) is 0 Å². The van der Waals surface area contributed by atoms with Gasteiger partial charge in [0.1, 0.15) is 0 Å². The van der Waals surface area contributed by atoms with Crippen LogP contribution in [-0.4, -0.2) is 0 Å². The van der Waals surface area contributed by atoms with Gasteiger partial charge in [0.2, 0.25) is 0 Å². The van der Waals surface area contributed by atoms with Crippen LogP contribution in [-0.2, 0) is 32.7 Å². The summed E-state index contributed by atoms with van der Waals surface area (Å²) in [6.45, 7) is 26.1. The van der Waals surface area contributed by atoms with E-state index in [-0.39, 0.29) is 62.4 Å².